The molecule has 0 N–H and O–H groups in total. The van der Waals surface area contributed by atoms with Gasteiger partial charge < -0.3 is 4.90 Å². The predicted octanol–water partition coefficient (Wildman–Crippen LogP) is 4.21. The lowest BCUT2D eigenvalue weighted by Crippen LogP contribution is -2.39. The van der Waals surface area contributed by atoms with Gasteiger partial charge in [0.15, 0.2) is 0 Å². The molecule has 0 aliphatic carbocycles. The molecule has 0 saturated carbocycles. The fraction of sp³-hybridized carbons (Fsp3) is 0.588. The standard InChI is InChI=1S/C17H25NO/c1-4-17(5-2)8-10-18(11-9-17)16-7-6-15(13-19)12-14(16)3/h6-7,12-13H,4-5,8-11H2,1-3H3. The Kier molecular flexibility index (Phi) is 4.28. The summed E-state index contributed by atoms with van der Waals surface area (Å²) in [5.41, 5.74) is 3.85. The Hall–Kier alpha value is -1.31. The van der Waals surface area contributed by atoms with Gasteiger partial charge in [-0.15, -0.1) is 0 Å². The molecule has 0 amide bonds. The number of nitrogens with zero attached hydrogens (tertiary/aromatic N) is 1. The first kappa shape index (κ1) is 14.1. The van der Waals surface area contributed by atoms with Crippen LogP contribution in [0.1, 0.15) is 55.5 Å². The van der Waals surface area contributed by atoms with Gasteiger partial charge in [-0.2, -0.15) is 0 Å². The maximum atomic E-state index is 10.8. The fourth-order valence-corrected chi connectivity index (χ4v) is 3.29. The summed E-state index contributed by atoms with van der Waals surface area (Å²) < 4.78 is 0. The minimum absolute atomic E-state index is 0.563. The Bertz CT molecular complexity index is 439. The van der Waals surface area contributed by atoms with E-state index in [2.05, 4.69) is 31.7 Å². The summed E-state index contributed by atoms with van der Waals surface area (Å²) in [6.07, 6.45) is 6.08. The molecule has 0 unspecified atom stereocenters. The predicted molar refractivity (Wildman–Crippen MR) is 81.0 cm³/mol. The number of anilines is 1. The topological polar surface area (TPSA) is 20.3 Å². The highest BCUT2D eigenvalue weighted by molar-refractivity contribution is 5.77. The van der Waals surface area contributed by atoms with Crippen LogP contribution in [0.5, 0.6) is 0 Å². The van der Waals surface area contributed by atoms with Gasteiger partial charge in [0.25, 0.3) is 0 Å². The Labute approximate surface area is 116 Å². The van der Waals surface area contributed by atoms with Crippen LogP contribution in [0.2, 0.25) is 0 Å². The number of aldehydes is 1. The van der Waals surface area contributed by atoms with Gasteiger partial charge in [-0.25, -0.2) is 0 Å². The molecular formula is C17H25NO. The lowest BCUT2D eigenvalue weighted by molar-refractivity contribution is 0.112. The van der Waals surface area contributed by atoms with Crippen LogP contribution in [0.4, 0.5) is 5.69 Å². The summed E-state index contributed by atoms with van der Waals surface area (Å²) in [5, 5.41) is 0. The largest absolute Gasteiger partial charge is 0.371 e. The van der Waals surface area contributed by atoms with E-state index < -0.39 is 0 Å². The highest BCUT2D eigenvalue weighted by Gasteiger charge is 2.31. The summed E-state index contributed by atoms with van der Waals surface area (Å²) in [6, 6.07) is 6.02. The van der Waals surface area contributed by atoms with Crippen molar-refractivity contribution in [2.45, 2.75) is 46.5 Å². The summed E-state index contributed by atoms with van der Waals surface area (Å²) in [7, 11) is 0. The smallest absolute Gasteiger partial charge is 0.150 e. The quantitative estimate of drug-likeness (QED) is 0.755. The van der Waals surface area contributed by atoms with Crippen molar-refractivity contribution < 1.29 is 4.79 Å². The van der Waals surface area contributed by atoms with Gasteiger partial charge in [-0.1, -0.05) is 26.7 Å². The molecule has 2 heteroatoms. The molecule has 1 aromatic rings. The lowest BCUT2D eigenvalue weighted by Gasteiger charge is -2.42. The zero-order chi connectivity index (χ0) is 13.9. The second-order valence-corrected chi connectivity index (χ2v) is 5.86. The molecule has 1 aliphatic heterocycles. The summed E-state index contributed by atoms with van der Waals surface area (Å²) in [6.45, 7) is 9.03. The van der Waals surface area contributed by atoms with E-state index in [1.54, 1.807) is 0 Å². The first-order valence-electron chi connectivity index (χ1n) is 7.45. The number of benzene rings is 1. The maximum absolute atomic E-state index is 10.8. The minimum Gasteiger partial charge on any atom is -0.371 e. The molecule has 1 fully saturated rings. The van der Waals surface area contributed by atoms with Crippen molar-refractivity contribution in [3.8, 4) is 0 Å². The van der Waals surface area contributed by atoms with E-state index >= 15 is 0 Å². The highest BCUT2D eigenvalue weighted by Crippen LogP contribution is 2.39. The van der Waals surface area contributed by atoms with Crippen molar-refractivity contribution in [2.75, 3.05) is 18.0 Å². The third kappa shape index (κ3) is 2.83. The molecular weight excluding hydrogens is 234 g/mol. The Morgan fingerprint density at radius 3 is 2.32 bits per heavy atom. The van der Waals surface area contributed by atoms with Crippen molar-refractivity contribution in [1.82, 2.24) is 0 Å². The van der Waals surface area contributed by atoms with E-state index in [1.807, 2.05) is 12.1 Å². The van der Waals surface area contributed by atoms with Crippen LogP contribution in [0.25, 0.3) is 0 Å². The second kappa shape index (κ2) is 5.77. The van der Waals surface area contributed by atoms with Crippen LogP contribution >= 0.6 is 0 Å². The third-order valence-electron chi connectivity index (χ3n) is 5.02. The maximum Gasteiger partial charge on any atom is 0.150 e. The molecule has 0 bridgehead atoms. The summed E-state index contributed by atoms with van der Waals surface area (Å²) >= 11 is 0. The number of aryl methyl sites for hydroxylation is 1. The molecule has 1 aliphatic rings. The zero-order valence-electron chi connectivity index (χ0n) is 12.4. The zero-order valence-corrected chi connectivity index (χ0v) is 12.4. The molecule has 1 heterocycles. The Balaban J connectivity index is 2.11. The van der Waals surface area contributed by atoms with Crippen LogP contribution in [0, 0.1) is 12.3 Å². The van der Waals surface area contributed by atoms with Gasteiger partial charge >= 0.3 is 0 Å². The summed E-state index contributed by atoms with van der Waals surface area (Å²) in [4.78, 5) is 13.3. The average molecular weight is 259 g/mol. The molecule has 2 rings (SSSR count). The molecule has 1 aromatic carbocycles. The first-order chi connectivity index (χ1) is 9.14. The number of hydrogen-bond donors (Lipinski definition) is 0. The Morgan fingerprint density at radius 1 is 1.21 bits per heavy atom. The van der Waals surface area contributed by atoms with E-state index in [1.165, 1.54) is 36.9 Å². The van der Waals surface area contributed by atoms with Crippen LogP contribution in [0.15, 0.2) is 18.2 Å². The van der Waals surface area contributed by atoms with Crippen molar-refractivity contribution in [3.05, 3.63) is 29.3 Å². The summed E-state index contributed by atoms with van der Waals surface area (Å²) in [5.74, 6) is 0. The van der Waals surface area contributed by atoms with E-state index in [4.69, 9.17) is 0 Å². The van der Waals surface area contributed by atoms with Crippen LogP contribution in [-0.4, -0.2) is 19.4 Å². The monoisotopic (exact) mass is 259 g/mol. The molecule has 19 heavy (non-hydrogen) atoms. The van der Waals surface area contributed by atoms with Crippen molar-refractivity contribution in [3.63, 3.8) is 0 Å². The van der Waals surface area contributed by atoms with E-state index in [0.717, 1.165) is 24.9 Å². The fourth-order valence-electron chi connectivity index (χ4n) is 3.29. The minimum atomic E-state index is 0.563. The highest BCUT2D eigenvalue weighted by atomic mass is 16.1. The first-order valence-corrected chi connectivity index (χ1v) is 7.45. The normalized spacial score (nSPS) is 18.4. The third-order valence-corrected chi connectivity index (χ3v) is 5.02. The van der Waals surface area contributed by atoms with E-state index in [9.17, 15) is 4.79 Å². The van der Waals surface area contributed by atoms with Gasteiger partial charge in [0.2, 0.25) is 0 Å². The van der Waals surface area contributed by atoms with Crippen molar-refractivity contribution in [2.24, 2.45) is 5.41 Å². The number of hydrogen-bond acceptors (Lipinski definition) is 2. The van der Waals surface area contributed by atoms with E-state index in [0.29, 0.717) is 5.41 Å². The van der Waals surface area contributed by atoms with Gasteiger partial charge in [-0.3, -0.25) is 4.79 Å². The van der Waals surface area contributed by atoms with Gasteiger partial charge in [-0.05, 0) is 48.9 Å². The van der Waals surface area contributed by atoms with Crippen LogP contribution in [0.3, 0.4) is 0 Å². The SMILES string of the molecule is CCC1(CC)CCN(c2ccc(C=O)cc2C)CC1. The average Bonchev–Trinajstić information content (AvgIpc) is 2.47. The van der Waals surface area contributed by atoms with Crippen LogP contribution in [-0.2, 0) is 0 Å². The number of piperidine rings is 1. The Morgan fingerprint density at radius 2 is 1.84 bits per heavy atom. The molecule has 0 atom stereocenters. The lowest BCUT2D eigenvalue weighted by atomic mass is 9.74. The molecule has 0 aromatic heterocycles. The van der Waals surface area contributed by atoms with Gasteiger partial charge in [0, 0.05) is 24.3 Å². The molecule has 2 nitrogen and oxygen atoms in total. The number of carbonyl (C=O) groups is 1. The van der Waals surface area contributed by atoms with Gasteiger partial charge in [0.05, 0.1) is 0 Å². The van der Waals surface area contributed by atoms with E-state index in [-0.39, 0.29) is 0 Å². The molecule has 0 spiro atoms. The van der Waals surface area contributed by atoms with Crippen LogP contribution < -0.4 is 4.90 Å². The molecule has 0 radical (unpaired) electrons. The second-order valence-electron chi connectivity index (χ2n) is 5.86. The molecule has 1 saturated heterocycles. The number of carbonyl (C=O) groups excluding carboxylic acids is 1. The number of rotatable bonds is 4. The molecule has 104 valence electrons. The van der Waals surface area contributed by atoms with Crippen molar-refractivity contribution in [1.29, 1.82) is 0 Å². The van der Waals surface area contributed by atoms with Crippen molar-refractivity contribution >= 4 is 12.0 Å². The van der Waals surface area contributed by atoms with Gasteiger partial charge in [0.1, 0.15) is 6.29 Å².